The molecule has 0 N–H and O–H groups in total. The van der Waals surface area contributed by atoms with E-state index < -0.39 is 0 Å². The quantitative estimate of drug-likeness (QED) is 0.792. The van der Waals surface area contributed by atoms with Gasteiger partial charge in [-0.05, 0) is 44.0 Å². The van der Waals surface area contributed by atoms with E-state index in [1.54, 1.807) is 7.11 Å². The SMILES string of the molecule is COc1c(C)cc(C)cc1-c1cc(C)nc(C=O)n1. The highest BCUT2D eigenvalue weighted by Crippen LogP contribution is 2.33. The summed E-state index contributed by atoms with van der Waals surface area (Å²) in [5.41, 5.74) is 4.51. The summed E-state index contributed by atoms with van der Waals surface area (Å²) in [6, 6.07) is 5.91. The highest BCUT2D eigenvalue weighted by Gasteiger charge is 2.12. The van der Waals surface area contributed by atoms with Gasteiger partial charge < -0.3 is 4.74 Å². The van der Waals surface area contributed by atoms with E-state index in [0.717, 1.165) is 28.1 Å². The zero-order valence-electron chi connectivity index (χ0n) is 11.5. The molecular weight excluding hydrogens is 240 g/mol. The van der Waals surface area contributed by atoms with Gasteiger partial charge in [0.15, 0.2) is 12.1 Å². The molecule has 19 heavy (non-hydrogen) atoms. The molecule has 0 aliphatic heterocycles. The fourth-order valence-electron chi connectivity index (χ4n) is 2.20. The van der Waals surface area contributed by atoms with Crippen LogP contribution in [0.15, 0.2) is 18.2 Å². The molecule has 4 heteroatoms. The van der Waals surface area contributed by atoms with E-state index in [-0.39, 0.29) is 5.82 Å². The Morgan fingerprint density at radius 1 is 1.11 bits per heavy atom. The van der Waals surface area contributed by atoms with Gasteiger partial charge in [-0.1, -0.05) is 6.07 Å². The molecule has 0 fully saturated rings. The van der Waals surface area contributed by atoms with E-state index >= 15 is 0 Å². The molecular formula is C15H16N2O2. The first-order chi connectivity index (χ1) is 9.05. The van der Waals surface area contributed by atoms with Crippen LogP contribution in [0.25, 0.3) is 11.3 Å². The number of aryl methyl sites for hydroxylation is 3. The Bertz CT molecular complexity index is 636. The Labute approximate surface area is 112 Å². The van der Waals surface area contributed by atoms with E-state index in [2.05, 4.69) is 16.0 Å². The van der Waals surface area contributed by atoms with Crippen LogP contribution in [0.5, 0.6) is 5.75 Å². The normalized spacial score (nSPS) is 10.3. The van der Waals surface area contributed by atoms with Gasteiger partial charge in [-0.25, -0.2) is 9.97 Å². The Balaban J connectivity index is 2.70. The lowest BCUT2D eigenvalue weighted by Gasteiger charge is -2.13. The maximum absolute atomic E-state index is 10.9. The van der Waals surface area contributed by atoms with Crippen LogP contribution >= 0.6 is 0 Å². The van der Waals surface area contributed by atoms with E-state index in [1.165, 1.54) is 0 Å². The molecule has 2 aromatic rings. The number of methoxy groups -OCH3 is 1. The Morgan fingerprint density at radius 3 is 2.47 bits per heavy atom. The van der Waals surface area contributed by atoms with Gasteiger partial charge in [0.2, 0.25) is 0 Å². The molecule has 0 amide bonds. The van der Waals surface area contributed by atoms with E-state index in [1.807, 2.05) is 32.9 Å². The third-order valence-corrected chi connectivity index (χ3v) is 2.88. The van der Waals surface area contributed by atoms with E-state index in [9.17, 15) is 4.79 Å². The fraction of sp³-hybridized carbons (Fsp3) is 0.267. The van der Waals surface area contributed by atoms with E-state index in [4.69, 9.17) is 4.74 Å². The van der Waals surface area contributed by atoms with Crippen LogP contribution in [0.4, 0.5) is 0 Å². The standard InChI is InChI=1S/C15H16N2O2/c1-9-5-10(2)15(19-4)12(6-9)13-7-11(3)16-14(8-18)17-13/h5-8H,1-4H3. The van der Waals surface area contributed by atoms with Crippen molar-refractivity contribution in [1.82, 2.24) is 9.97 Å². The van der Waals surface area contributed by atoms with Crippen molar-refractivity contribution < 1.29 is 9.53 Å². The molecule has 0 saturated heterocycles. The van der Waals surface area contributed by atoms with Gasteiger partial charge in [-0.2, -0.15) is 0 Å². The molecule has 0 atom stereocenters. The zero-order chi connectivity index (χ0) is 14.0. The molecule has 0 aliphatic rings. The summed E-state index contributed by atoms with van der Waals surface area (Å²) in [5.74, 6) is 0.969. The number of carbonyl (C=O) groups is 1. The topological polar surface area (TPSA) is 52.1 Å². The van der Waals surface area contributed by atoms with Gasteiger partial charge in [0, 0.05) is 11.3 Å². The second-order valence-electron chi connectivity index (χ2n) is 4.53. The number of carbonyl (C=O) groups excluding carboxylic acids is 1. The smallest absolute Gasteiger partial charge is 0.193 e. The molecule has 0 unspecified atom stereocenters. The summed E-state index contributed by atoms with van der Waals surface area (Å²) in [4.78, 5) is 19.2. The zero-order valence-corrected chi connectivity index (χ0v) is 11.5. The van der Waals surface area contributed by atoms with Crippen LogP contribution in [-0.4, -0.2) is 23.4 Å². The number of ether oxygens (including phenoxy) is 1. The van der Waals surface area contributed by atoms with Crippen molar-refractivity contribution in [2.45, 2.75) is 20.8 Å². The first kappa shape index (κ1) is 13.2. The van der Waals surface area contributed by atoms with Crippen LogP contribution in [0.1, 0.15) is 27.4 Å². The number of nitrogens with zero attached hydrogens (tertiary/aromatic N) is 2. The second-order valence-corrected chi connectivity index (χ2v) is 4.53. The third-order valence-electron chi connectivity index (χ3n) is 2.88. The van der Waals surface area contributed by atoms with Crippen LogP contribution in [-0.2, 0) is 0 Å². The summed E-state index contributed by atoms with van der Waals surface area (Å²) < 4.78 is 5.45. The van der Waals surface area contributed by atoms with Crippen molar-refractivity contribution in [1.29, 1.82) is 0 Å². The minimum atomic E-state index is 0.191. The minimum absolute atomic E-state index is 0.191. The van der Waals surface area contributed by atoms with Gasteiger partial charge in [0.1, 0.15) is 5.75 Å². The number of aromatic nitrogens is 2. The van der Waals surface area contributed by atoms with Crippen molar-refractivity contribution in [2.24, 2.45) is 0 Å². The van der Waals surface area contributed by atoms with Crippen LogP contribution < -0.4 is 4.74 Å². The van der Waals surface area contributed by atoms with Crippen molar-refractivity contribution in [3.63, 3.8) is 0 Å². The van der Waals surface area contributed by atoms with Crippen molar-refractivity contribution in [2.75, 3.05) is 7.11 Å². The van der Waals surface area contributed by atoms with Gasteiger partial charge in [-0.15, -0.1) is 0 Å². The summed E-state index contributed by atoms with van der Waals surface area (Å²) in [5, 5.41) is 0. The maximum atomic E-state index is 10.9. The first-order valence-electron chi connectivity index (χ1n) is 6.01. The highest BCUT2D eigenvalue weighted by atomic mass is 16.5. The van der Waals surface area contributed by atoms with Crippen molar-refractivity contribution in [3.8, 4) is 17.0 Å². The molecule has 0 saturated carbocycles. The monoisotopic (exact) mass is 256 g/mol. The average molecular weight is 256 g/mol. The lowest BCUT2D eigenvalue weighted by atomic mass is 10.0. The third kappa shape index (κ3) is 2.62. The fourth-order valence-corrected chi connectivity index (χ4v) is 2.20. The predicted molar refractivity (Wildman–Crippen MR) is 73.6 cm³/mol. The predicted octanol–water partition coefficient (Wildman–Crippen LogP) is 2.89. The van der Waals surface area contributed by atoms with Gasteiger partial charge in [0.25, 0.3) is 0 Å². The first-order valence-corrected chi connectivity index (χ1v) is 6.01. The van der Waals surface area contributed by atoms with Gasteiger partial charge in [0.05, 0.1) is 12.8 Å². The van der Waals surface area contributed by atoms with Crippen molar-refractivity contribution in [3.05, 3.63) is 40.8 Å². The highest BCUT2D eigenvalue weighted by molar-refractivity contribution is 5.74. The number of benzene rings is 1. The van der Waals surface area contributed by atoms with Gasteiger partial charge >= 0.3 is 0 Å². The molecule has 0 bridgehead atoms. The Hall–Kier alpha value is -2.23. The summed E-state index contributed by atoms with van der Waals surface area (Å²) in [7, 11) is 1.63. The largest absolute Gasteiger partial charge is 0.496 e. The number of hydrogen-bond acceptors (Lipinski definition) is 4. The maximum Gasteiger partial charge on any atom is 0.193 e. The molecule has 0 aliphatic carbocycles. The summed E-state index contributed by atoms with van der Waals surface area (Å²) in [6.45, 7) is 5.85. The molecule has 4 nitrogen and oxygen atoms in total. The Morgan fingerprint density at radius 2 is 1.84 bits per heavy atom. The Kier molecular flexibility index (Phi) is 3.60. The van der Waals surface area contributed by atoms with Gasteiger partial charge in [-0.3, -0.25) is 4.79 Å². The number of rotatable bonds is 3. The van der Waals surface area contributed by atoms with Crippen LogP contribution in [0.2, 0.25) is 0 Å². The van der Waals surface area contributed by atoms with E-state index in [0.29, 0.717) is 12.0 Å². The van der Waals surface area contributed by atoms with Crippen molar-refractivity contribution >= 4 is 6.29 Å². The lowest BCUT2D eigenvalue weighted by molar-refractivity contribution is 0.111. The number of aldehydes is 1. The summed E-state index contributed by atoms with van der Waals surface area (Å²) in [6.07, 6.45) is 0.658. The molecule has 2 rings (SSSR count). The van der Waals surface area contributed by atoms with Crippen LogP contribution in [0, 0.1) is 20.8 Å². The molecule has 1 aromatic carbocycles. The molecule has 0 spiro atoms. The molecule has 1 heterocycles. The minimum Gasteiger partial charge on any atom is -0.496 e. The summed E-state index contributed by atoms with van der Waals surface area (Å²) >= 11 is 0. The lowest BCUT2D eigenvalue weighted by Crippen LogP contribution is -2.00. The average Bonchev–Trinajstić information content (AvgIpc) is 2.37. The molecule has 0 radical (unpaired) electrons. The second kappa shape index (κ2) is 5.18. The number of hydrogen-bond donors (Lipinski definition) is 0. The van der Waals surface area contributed by atoms with Crippen LogP contribution in [0.3, 0.4) is 0 Å². The molecule has 98 valence electrons. The molecule has 1 aromatic heterocycles.